The minimum Gasteiger partial charge on any atom is -0.370 e. The van der Waals surface area contributed by atoms with Crippen LogP contribution in [-0.4, -0.2) is 38.0 Å². The number of anilines is 2. The second kappa shape index (κ2) is 8.71. The van der Waals surface area contributed by atoms with Gasteiger partial charge in [0.05, 0.1) is 0 Å². The Kier molecular flexibility index (Phi) is 6.12. The Labute approximate surface area is 161 Å². The molecule has 1 aliphatic rings. The van der Waals surface area contributed by atoms with Crippen LogP contribution >= 0.6 is 0 Å². The van der Waals surface area contributed by atoms with Crippen LogP contribution < -0.4 is 15.1 Å². The van der Waals surface area contributed by atoms with E-state index in [0.29, 0.717) is 18.5 Å². The lowest BCUT2D eigenvalue weighted by Crippen LogP contribution is -2.35. The zero-order chi connectivity index (χ0) is 19.2. The summed E-state index contributed by atoms with van der Waals surface area (Å²) in [6, 6.07) is 15.6. The molecule has 27 heavy (non-hydrogen) atoms. The number of para-hydroxylation sites is 1. The van der Waals surface area contributed by atoms with Crippen molar-refractivity contribution in [1.82, 2.24) is 5.32 Å². The van der Waals surface area contributed by atoms with Crippen molar-refractivity contribution < 1.29 is 9.59 Å². The summed E-state index contributed by atoms with van der Waals surface area (Å²) < 4.78 is 0. The highest BCUT2D eigenvalue weighted by molar-refractivity contribution is 5.99. The fourth-order valence-corrected chi connectivity index (χ4v) is 3.51. The maximum Gasteiger partial charge on any atom is 0.251 e. The highest BCUT2D eigenvalue weighted by atomic mass is 16.2. The first-order chi connectivity index (χ1) is 13.1. The number of benzene rings is 2. The van der Waals surface area contributed by atoms with Crippen molar-refractivity contribution >= 4 is 23.2 Å². The van der Waals surface area contributed by atoms with Gasteiger partial charge in [-0.25, -0.2) is 0 Å². The average Bonchev–Trinajstić information content (AvgIpc) is 3.12. The fraction of sp³-hybridized carbons (Fsp3) is 0.364. The number of hydrogen-bond acceptors (Lipinski definition) is 3. The molecule has 2 amide bonds. The first-order valence-corrected chi connectivity index (χ1v) is 9.59. The third kappa shape index (κ3) is 4.48. The maximum absolute atomic E-state index is 12.5. The predicted octanol–water partition coefficient (Wildman–Crippen LogP) is 3.38. The summed E-state index contributed by atoms with van der Waals surface area (Å²) in [5.74, 6) is 0.0220. The molecular weight excluding hydrogens is 338 g/mol. The summed E-state index contributed by atoms with van der Waals surface area (Å²) in [5.41, 5.74) is 3.82. The SMILES string of the molecule is CCN(CCNC(=O)c1cccc(N2CCCC2=O)c1)c1ccccc1C. The summed E-state index contributed by atoms with van der Waals surface area (Å²) in [6.45, 7) is 7.14. The molecule has 0 spiro atoms. The second-order valence-electron chi connectivity index (χ2n) is 6.82. The molecule has 3 rings (SSSR count). The quantitative estimate of drug-likeness (QED) is 0.818. The molecule has 0 aromatic heterocycles. The highest BCUT2D eigenvalue weighted by Crippen LogP contribution is 2.22. The van der Waals surface area contributed by atoms with Gasteiger partial charge in [-0.15, -0.1) is 0 Å². The van der Waals surface area contributed by atoms with Gasteiger partial charge in [-0.1, -0.05) is 24.3 Å². The van der Waals surface area contributed by atoms with Crippen LogP contribution in [0.4, 0.5) is 11.4 Å². The Hall–Kier alpha value is -2.82. The van der Waals surface area contributed by atoms with Gasteiger partial charge in [-0.3, -0.25) is 9.59 Å². The van der Waals surface area contributed by atoms with Crippen LogP contribution in [0, 0.1) is 6.92 Å². The minimum atomic E-state index is -0.107. The molecule has 5 nitrogen and oxygen atoms in total. The highest BCUT2D eigenvalue weighted by Gasteiger charge is 2.22. The van der Waals surface area contributed by atoms with Crippen LogP contribution in [0.5, 0.6) is 0 Å². The molecule has 0 saturated carbocycles. The van der Waals surface area contributed by atoms with Gasteiger partial charge in [0, 0.05) is 49.5 Å². The number of rotatable bonds is 7. The molecule has 1 N–H and O–H groups in total. The fourth-order valence-electron chi connectivity index (χ4n) is 3.51. The van der Waals surface area contributed by atoms with Crippen LogP contribution in [0.2, 0.25) is 0 Å². The van der Waals surface area contributed by atoms with Crippen LogP contribution in [0.15, 0.2) is 48.5 Å². The molecule has 2 aromatic carbocycles. The van der Waals surface area contributed by atoms with Crippen molar-refractivity contribution in [3.05, 3.63) is 59.7 Å². The topological polar surface area (TPSA) is 52.7 Å². The largest absolute Gasteiger partial charge is 0.370 e. The Bertz CT molecular complexity index is 819. The van der Waals surface area contributed by atoms with E-state index < -0.39 is 0 Å². The number of amides is 2. The lowest BCUT2D eigenvalue weighted by atomic mass is 10.1. The third-order valence-electron chi connectivity index (χ3n) is 5.00. The minimum absolute atomic E-state index is 0.107. The Balaban J connectivity index is 1.59. The average molecular weight is 365 g/mol. The number of carbonyl (C=O) groups excluding carboxylic acids is 2. The normalized spacial score (nSPS) is 13.7. The van der Waals surface area contributed by atoms with Crippen LogP contribution in [0.3, 0.4) is 0 Å². The van der Waals surface area contributed by atoms with Crippen molar-refractivity contribution in [2.24, 2.45) is 0 Å². The third-order valence-corrected chi connectivity index (χ3v) is 5.00. The summed E-state index contributed by atoms with van der Waals surface area (Å²) in [5, 5.41) is 3.00. The summed E-state index contributed by atoms with van der Waals surface area (Å²) in [7, 11) is 0. The van der Waals surface area contributed by atoms with Gasteiger partial charge in [0.15, 0.2) is 0 Å². The zero-order valence-electron chi connectivity index (χ0n) is 16.1. The Morgan fingerprint density at radius 2 is 2.00 bits per heavy atom. The first kappa shape index (κ1) is 19.0. The lowest BCUT2D eigenvalue weighted by Gasteiger charge is -2.25. The number of hydrogen-bond donors (Lipinski definition) is 1. The number of nitrogens with one attached hydrogen (secondary N) is 1. The molecule has 0 radical (unpaired) electrons. The molecule has 142 valence electrons. The van der Waals surface area contributed by atoms with E-state index >= 15 is 0 Å². The van der Waals surface area contributed by atoms with Crippen molar-refractivity contribution in [2.45, 2.75) is 26.7 Å². The first-order valence-electron chi connectivity index (χ1n) is 9.59. The number of likely N-dealkylation sites (N-methyl/N-ethyl adjacent to an activating group) is 1. The van der Waals surface area contributed by atoms with Crippen LogP contribution in [0.25, 0.3) is 0 Å². The van der Waals surface area contributed by atoms with Crippen molar-refractivity contribution in [3.63, 3.8) is 0 Å². The monoisotopic (exact) mass is 365 g/mol. The molecule has 1 aliphatic heterocycles. The number of aryl methyl sites for hydroxylation is 1. The van der Waals surface area contributed by atoms with Crippen molar-refractivity contribution in [2.75, 3.05) is 36.0 Å². The molecule has 0 aliphatic carbocycles. The maximum atomic E-state index is 12.5. The van der Waals surface area contributed by atoms with Gasteiger partial charge in [0.25, 0.3) is 5.91 Å². The standard InChI is InChI=1S/C22H27N3O2/c1-3-24(20-11-5-4-8-17(20)2)15-13-23-22(27)18-9-6-10-19(16-18)25-14-7-12-21(25)26/h4-6,8-11,16H,3,7,12-15H2,1-2H3,(H,23,27). The molecule has 5 heteroatoms. The van der Waals surface area contributed by atoms with Crippen LogP contribution in [0.1, 0.15) is 35.7 Å². The van der Waals surface area contributed by atoms with E-state index in [2.05, 4.69) is 36.2 Å². The zero-order valence-corrected chi connectivity index (χ0v) is 16.1. The van der Waals surface area contributed by atoms with Crippen molar-refractivity contribution in [1.29, 1.82) is 0 Å². The summed E-state index contributed by atoms with van der Waals surface area (Å²) in [6.07, 6.45) is 1.46. The van der Waals surface area contributed by atoms with Gasteiger partial charge in [0.2, 0.25) is 5.91 Å². The van der Waals surface area contributed by atoms with E-state index in [1.54, 1.807) is 17.0 Å². The molecule has 1 saturated heterocycles. The Morgan fingerprint density at radius 1 is 1.19 bits per heavy atom. The molecule has 1 heterocycles. The smallest absolute Gasteiger partial charge is 0.251 e. The lowest BCUT2D eigenvalue weighted by molar-refractivity contribution is -0.117. The molecule has 0 unspecified atom stereocenters. The Morgan fingerprint density at radius 3 is 2.70 bits per heavy atom. The summed E-state index contributed by atoms with van der Waals surface area (Å²) in [4.78, 5) is 28.5. The van der Waals surface area contributed by atoms with Gasteiger partial charge >= 0.3 is 0 Å². The molecule has 0 atom stereocenters. The van der Waals surface area contributed by atoms with E-state index in [-0.39, 0.29) is 11.8 Å². The second-order valence-corrected chi connectivity index (χ2v) is 6.82. The van der Waals surface area contributed by atoms with Gasteiger partial charge in [-0.2, -0.15) is 0 Å². The molecular formula is C22H27N3O2. The molecule has 1 fully saturated rings. The van der Waals surface area contributed by atoms with E-state index in [9.17, 15) is 9.59 Å². The molecule has 0 bridgehead atoms. The van der Waals surface area contributed by atoms with E-state index in [1.165, 1.54) is 11.3 Å². The van der Waals surface area contributed by atoms with E-state index in [4.69, 9.17) is 0 Å². The van der Waals surface area contributed by atoms with Crippen LogP contribution in [-0.2, 0) is 4.79 Å². The van der Waals surface area contributed by atoms with Gasteiger partial charge in [-0.05, 0) is 50.1 Å². The molecule has 2 aromatic rings. The van der Waals surface area contributed by atoms with E-state index in [1.807, 2.05) is 24.3 Å². The van der Waals surface area contributed by atoms with Gasteiger partial charge < -0.3 is 15.1 Å². The number of carbonyl (C=O) groups is 2. The summed E-state index contributed by atoms with van der Waals surface area (Å²) >= 11 is 0. The van der Waals surface area contributed by atoms with Gasteiger partial charge in [0.1, 0.15) is 0 Å². The van der Waals surface area contributed by atoms with Crippen molar-refractivity contribution in [3.8, 4) is 0 Å². The van der Waals surface area contributed by atoms with E-state index in [0.717, 1.165) is 31.7 Å². The number of nitrogens with zero attached hydrogens (tertiary/aromatic N) is 2. The predicted molar refractivity (Wildman–Crippen MR) is 109 cm³/mol.